The maximum absolute atomic E-state index is 14.8. The summed E-state index contributed by atoms with van der Waals surface area (Å²) in [6.45, 7) is 4.26. The summed E-state index contributed by atoms with van der Waals surface area (Å²) in [5.74, 6) is -0.979. The van der Waals surface area contributed by atoms with E-state index in [2.05, 4.69) is 0 Å². The Kier molecular flexibility index (Phi) is 6.17. The Balaban J connectivity index is 1.56. The third-order valence-electron chi connectivity index (χ3n) is 8.92. The van der Waals surface area contributed by atoms with Crippen LogP contribution in [0.2, 0.25) is 5.02 Å². The van der Waals surface area contributed by atoms with Crippen molar-refractivity contribution in [2.75, 3.05) is 11.5 Å². The number of fused-ring (bicyclic) bond motifs is 5. The third kappa shape index (κ3) is 3.59. The fourth-order valence-corrected chi connectivity index (χ4v) is 7.38. The smallest absolute Gasteiger partial charge is 0.185 e. The van der Waals surface area contributed by atoms with Crippen molar-refractivity contribution in [3.63, 3.8) is 0 Å². The maximum Gasteiger partial charge on any atom is 0.185 e. The zero-order valence-electron chi connectivity index (χ0n) is 23.2. The summed E-state index contributed by atoms with van der Waals surface area (Å²) in [6.07, 6.45) is 3.82. The Bertz CT molecular complexity index is 1770. The quantitative estimate of drug-likeness (QED) is 0.184. The number of rotatable bonds is 5. The van der Waals surface area contributed by atoms with Crippen LogP contribution in [0.25, 0.3) is 6.08 Å². The number of benzene rings is 4. The minimum absolute atomic E-state index is 0.166. The van der Waals surface area contributed by atoms with Crippen LogP contribution in [0, 0.1) is 12.3 Å². The molecule has 1 fully saturated rings. The van der Waals surface area contributed by atoms with Crippen LogP contribution in [0.15, 0.2) is 97.1 Å². The molecule has 1 spiro atoms. The van der Waals surface area contributed by atoms with Crippen LogP contribution >= 0.6 is 11.6 Å². The number of hydrogen-bond donors (Lipinski definition) is 0. The lowest BCUT2D eigenvalue weighted by molar-refractivity contribution is 0.0664. The van der Waals surface area contributed by atoms with Crippen LogP contribution in [0.3, 0.4) is 0 Å². The van der Waals surface area contributed by atoms with Crippen molar-refractivity contribution in [3.05, 3.63) is 135 Å². The highest BCUT2D eigenvalue weighted by Gasteiger charge is 2.71. The van der Waals surface area contributed by atoms with E-state index < -0.39 is 23.4 Å². The Morgan fingerprint density at radius 3 is 2.26 bits per heavy atom. The number of carbonyl (C=O) groups is 3. The molecule has 7 rings (SSSR count). The van der Waals surface area contributed by atoms with Gasteiger partial charge in [0.15, 0.2) is 17.3 Å². The number of anilines is 1. The van der Waals surface area contributed by atoms with Crippen molar-refractivity contribution >= 4 is 40.7 Å². The van der Waals surface area contributed by atoms with Gasteiger partial charge in [-0.1, -0.05) is 96.0 Å². The largest absolute Gasteiger partial charge is 0.494 e. The molecule has 0 saturated carbocycles. The average molecular weight is 574 g/mol. The number of Topliss-reactive ketones (excluding diaryl/α,β-unsaturated/α-hetero) is 3. The number of ketones is 3. The van der Waals surface area contributed by atoms with Crippen molar-refractivity contribution in [1.29, 1.82) is 0 Å². The molecular formula is C36H28ClNO4. The summed E-state index contributed by atoms with van der Waals surface area (Å²) >= 11 is 6.39. The highest BCUT2D eigenvalue weighted by molar-refractivity contribution is 6.33. The highest BCUT2D eigenvalue weighted by atomic mass is 35.5. The number of nitrogens with zero attached hydrogens (tertiary/aromatic N) is 1. The van der Waals surface area contributed by atoms with E-state index in [1.54, 1.807) is 30.3 Å². The van der Waals surface area contributed by atoms with Gasteiger partial charge in [0.2, 0.25) is 0 Å². The molecule has 42 heavy (non-hydrogen) atoms. The van der Waals surface area contributed by atoms with Crippen LogP contribution < -0.4 is 9.64 Å². The van der Waals surface area contributed by atoms with E-state index in [0.29, 0.717) is 39.6 Å². The minimum Gasteiger partial charge on any atom is -0.494 e. The van der Waals surface area contributed by atoms with Gasteiger partial charge in [0.25, 0.3) is 0 Å². The molecule has 3 atom stereocenters. The number of hydrogen-bond acceptors (Lipinski definition) is 5. The van der Waals surface area contributed by atoms with Gasteiger partial charge in [-0.15, -0.1) is 0 Å². The van der Waals surface area contributed by atoms with E-state index in [-0.39, 0.29) is 17.3 Å². The van der Waals surface area contributed by atoms with Gasteiger partial charge < -0.3 is 9.64 Å². The van der Waals surface area contributed by atoms with Gasteiger partial charge in [0.05, 0.1) is 12.6 Å². The van der Waals surface area contributed by atoms with Gasteiger partial charge in [-0.2, -0.15) is 0 Å². The first kappa shape index (κ1) is 26.4. The first-order valence-corrected chi connectivity index (χ1v) is 14.5. The molecule has 6 heteroatoms. The molecule has 4 aromatic rings. The van der Waals surface area contributed by atoms with E-state index in [1.165, 1.54) is 0 Å². The van der Waals surface area contributed by atoms with Crippen LogP contribution in [0.5, 0.6) is 5.75 Å². The molecule has 2 heterocycles. The molecule has 0 aromatic heterocycles. The summed E-state index contributed by atoms with van der Waals surface area (Å²) in [4.78, 5) is 46.4. The van der Waals surface area contributed by atoms with Gasteiger partial charge in [-0.3, -0.25) is 14.4 Å². The van der Waals surface area contributed by atoms with Gasteiger partial charge in [0.1, 0.15) is 17.2 Å². The number of ether oxygens (including phenoxy) is 1. The van der Waals surface area contributed by atoms with E-state index in [9.17, 15) is 14.4 Å². The molecule has 0 N–H and O–H groups in total. The van der Waals surface area contributed by atoms with E-state index in [0.717, 1.165) is 16.8 Å². The average Bonchev–Trinajstić information content (AvgIpc) is 3.43. The zero-order chi connectivity index (χ0) is 29.2. The Morgan fingerprint density at radius 2 is 1.57 bits per heavy atom. The standard InChI is InChI=1S/C36H28ClNO4/c1-3-42-29-11-7-6-10-27(29)31-32(33(39)22-14-12-21(2)13-15-22)38-28-18-17-24(37)20-23(28)16-19-30(38)36(31)34(40)25-8-4-5-9-26(25)35(36)41/h4-20,30-32H,3H2,1-2H3/t30-,31+,32+/m0/s1. The summed E-state index contributed by atoms with van der Waals surface area (Å²) in [7, 11) is 0. The predicted octanol–water partition coefficient (Wildman–Crippen LogP) is 7.36. The lowest BCUT2D eigenvalue weighted by Crippen LogP contribution is -2.48. The second kappa shape index (κ2) is 9.81. The normalized spacial score (nSPS) is 21.3. The van der Waals surface area contributed by atoms with Gasteiger partial charge >= 0.3 is 0 Å². The van der Waals surface area contributed by atoms with Crippen LogP contribution in [0.4, 0.5) is 5.69 Å². The third-order valence-corrected chi connectivity index (χ3v) is 9.16. The SMILES string of the molecule is CCOc1ccccc1[C@@H]1[C@H](C(=O)c2ccc(C)cc2)N2c3ccc(Cl)cc3C=C[C@H]2C12C(=O)c1ccccc1C2=O. The summed E-state index contributed by atoms with van der Waals surface area (Å²) in [5.41, 5.74) is 2.98. The van der Waals surface area contributed by atoms with Crippen molar-refractivity contribution < 1.29 is 19.1 Å². The molecule has 0 amide bonds. The Labute approximate surface area is 249 Å². The molecule has 0 radical (unpaired) electrons. The molecular weight excluding hydrogens is 546 g/mol. The van der Waals surface area contributed by atoms with Crippen molar-refractivity contribution in [3.8, 4) is 5.75 Å². The van der Waals surface area contributed by atoms with Gasteiger partial charge in [-0.05, 0) is 43.7 Å². The first-order chi connectivity index (χ1) is 20.4. The second-order valence-electron chi connectivity index (χ2n) is 11.1. The summed E-state index contributed by atoms with van der Waals surface area (Å²) in [6, 6.07) is 25.8. The fourth-order valence-electron chi connectivity index (χ4n) is 7.20. The predicted molar refractivity (Wildman–Crippen MR) is 164 cm³/mol. The van der Waals surface area contributed by atoms with Crippen molar-refractivity contribution in [1.82, 2.24) is 0 Å². The fraction of sp³-hybridized carbons (Fsp3) is 0.194. The lowest BCUT2D eigenvalue weighted by atomic mass is 9.64. The molecule has 0 unspecified atom stereocenters. The maximum atomic E-state index is 14.8. The van der Waals surface area contributed by atoms with E-state index in [4.69, 9.17) is 16.3 Å². The van der Waals surface area contributed by atoms with Crippen LogP contribution in [-0.2, 0) is 0 Å². The Morgan fingerprint density at radius 1 is 0.905 bits per heavy atom. The van der Waals surface area contributed by atoms with E-state index >= 15 is 0 Å². The van der Waals surface area contributed by atoms with Crippen LogP contribution in [-0.4, -0.2) is 36.0 Å². The zero-order valence-corrected chi connectivity index (χ0v) is 24.0. The molecule has 3 aliphatic rings. The van der Waals surface area contributed by atoms with E-state index in [1.807, 2.05) is 91.6 Å². The molecule has 208 valence electrons. The number of para-hydroxylation sites is 1. The Hall–Kier alpha value is -4.48. The topological polar surface area (TPSA) is 63.7 Å². The minimum atomic E-state index is -1.59. The second-order valence-corrected chi connectivity index (χ2v) is 11.5. The van der Waals surface area contributed by atoms with Gasteiger partial charge in [-0.25, -0.2) is 0 Å². The molecule has 1 aliphatic carbocycles. The number of halogens is 1. The molecule has 5 nitrogen and oxygen atoms in total. The molecule has 0 bridgehead atoms. The first-order valence-electron chi connectivity index (χ1n) is 14.1. The summed E-state index contributed by atoms with van der Waals surface area (Å²) < 4.78 is 6.10. The summed E-state index contributed by atoms with van der Waals surface area (Å²) in [5, 5.41) is 0.561. The monoisotopic (exact) mass is 573 g/mol. The lowest BCUT2D eigenvalue weighted by Gasteiger charge is -2.37. The van der Waals surface area contributed by atoms with Crippen molar-refractivity contribution in [2.45, 2.75) is 31.8 Å². The number of carbonyl (C=O) groups excluding carboxylic acids is 3. The van der Waals surface area contributed by atoms with Crippen LogP contribution in [0.1, 0.15) is 60.6 Å². The molecule has 2 aliphatic heterocycles. The molecule has 1 saturated heterocycles. The number of aryl methyl sites for hydroxylation is 1. The van der Waals surface area contributed by atoms with Gasteiger partial charge in [0, 0.05) is 38.9 Å². The molecule has 4 aromatic carbocycles. The highest BCUT2D eigenvalue weighted by Crippen LogP contribution is 2.62. The van der Waals surface area contributed by atoms with Crippen molar-refractivity contribution in [2.24, 2.45) is 5.41 Å².